The molecule has 9 heteroatoms. The van der Waals surface area contributed by atoms with E-state index in [1.807, 2.05) is 0 Å². The first-order valence-electron chi connectivity index (χ1n) is 4.94. The highest BCUT2D eigenvalue weighted by Gasteiger charge is 2.51. The number of nitrogens with two attached hydrogens (primary N) is 1. The van der Waals surface area contributed by atoms with Gasteiger partial charge in [-0.25, -0.2) is 4.79 Å². The van der Waals surface area contributed by atoms with Crippen LogP contribution in [0.4, 0.5) is 0 Å². The molecule has 100 valence electrons. The average molecular weight is 260 g/mol. The van der Waals surface area contributed by atoms with Crippen molar-refractivity contribution in [2.45, 2.75) is 24.4 Å². The molecule has 9 nitrogen and oxygen atoms in total. The van der Waals surface area contributed by atoms with Crippen LogP contribution >= 0.6 is 0 Å². The summed E-state index contributed by atoms with van der Waals surface area (Å²) in [5, 5.41) is 26.2. The fourth-order valence-electron chi connectivity index (χ4n) is 1.80. The third-order valence-electron chi connectivity index (χ3n) is 2.72. The van der Waals surface area contributed by atoms with E-state index in [9.17, 15) is 19.2 Å². The van der Waals surface area contributed by atoms with Gasteiger partial charge < -0.3 is 26.0 Å². The Morgan fingerprint density at radius 2 is 1.78 bits per heavy atom. The van der Waals surface area contributed by atoms with E-state index in [0.29, 0.717) is 4.90 Å². The Kier molecular flexibility index (Phi) is 3.56. The van der Waals surface area contributed by atoms with Crippen LogP contribution in [0.2, 0.25) is 0 Å². The van der Waals surface area contributed by atoms with Crippen molar-refractivity contribution in [1.82, 2.24) is 4.90 Å². The molecule has 2 atom stereocenters. The molecule has 1 aliphatic heterocycles. The number of likely N-dealkylation sites (tertiary alicyclic amines) is 1. The van der Waals surface area contributed by atoms with Crippen LogP contribution in [-0.4, -0.2) is 62.2 Å². The lowest BCUT2D eigenvalue weighted by Crippen LogP contribution is -2.50. The molecule has 0 bridgehead atoms. The molecular weight excluding hydrogens is 248 g/mol. The van der Waals surface area contributed by atoms with Crippen LogP contribution in [0.5, 0.6) is 0 Å². The molecule has 0 aliphatic carbocycles. The molecule has 0 radical (unpaired) electrons. The summed E-state index contributed by atoms with van der Waals surface area (Å²) in [7, 11) is 0. The summed E-state index contributed by atoms with van der Waals surface area (Å²) in [4.78, 5) is 44.4. The minimum atomic E-state index is -1.86. The lowest BCUT2D eigenvalue weighted by atomic mass is 9.98. The van der Waals surface area contributed by atoms with Gasteiger partial charge in [0.15, 0.2) is 0 Å². The quantitative estimate of drug-likeness (QED) is 0.419. The molecule has 18 heavy (non-hydrogen) atoms. The zero-order chi connectivity index (χ0) is 14.1. The van der Waals surface area contributed by atoms with Crippen LogP contribution in [0.3, 0.4) is 0 Å². The SMILES string of the molecule is N[C@@]1(C(=O)O)C[C@H](C(=O)O)N(C(=O)CC(=O)O)C1. The number of amides is 1. The highest BCUT2D eigenvalue weighted by Crippen LogP contribution is 2.26. The normalized spacial score (nSPS) is 26.9. The molecule has 1 amide bonds. The van der Waals surface area contributed by atoms with Crippen molar-refractivity contribution < 1.29 is 34.5 Å². The van der Waals surface area contributed by atoms with E-state index in [1.165, 1.54) is 0 Å². The van der Waals surface area contributed by atoms with Gasteiger partial charge in [-0.3, -0.25) is 14.4 Å². The van der Waals surface area contributed by atoms with Crippen molar-refractivity contribution in [3.05, 3.63) is 0 Å². The summed E-state index contributed by atoms with van der Waals surface area (Å²) in [6, 6.07) is -1.42. The number of hydrogen-bond acceptors (Lipinski definition) is 5. The lowest BCUT2D eigenvalue weighted by Gasteiger charge is -2.21. The Morgan fingerprint density at radius 3 is 2.17 bits per heavy atom. The van der Waals surface area contributed by atoms with Crippen molar-refractivity contribution >= 4 is 23.8 Å². The number of hydrogen-bond donors (Lipinski definition) is 4. The first-order valence-corrected chi connectivity index (χ1v) is 4.94. The number of rotatable bonds is 4. The van der Waals surface area contributed by atoms with Crippen LogP contribution in [-0.2, 0) is 19.2 Å². The third kappa shape index (κ3) is 2.56. The fraction of sp³-hybridized carbons (Fsp3) is 0.556. The second-order valence-corrected chi connectivity index (χ2v) is 4.11. The van der Waals surface area contributed by atoms with E-state index >= 15 is 0 Å². The molecule has 1 fully saturated rings. The monoisotopic (exact) mass is 260 g/mol. The zero-order valence-corrected chi connectivity index (χ0v) is 9.20. The van der Waals surface area contributed by atoms with Crippen LogP contribution in [0, 0.1) is 0 Å². The van der Waals surface area contributed by atoms with Crippen LogP contribution in [0.1, 0.15) is 12.8 Å². The lowest BCUT2D eigenvalue weighted by molar-refractivity contribution is -0.151. The Hall–Kier alpha value is -2.16. The van der Waals surface area contributed by atoms with Gasteiger partial charge in [0.05, 0.1) is 6.54 Å². The van der Waals surface area contributed by atoms with Crippen molar-refractivity contribution in [2.75, 3.05) is 6.54 Å². The molecule has 1 heterocycles. The average Bonchev–Trinajstić information content (AvgIpc) is 2.57. The number of carbonyl (C=O) groups excluding carboxylic acids is 1. The Labute approximate surface area is 101 Å². The van der Waals surface area contributed by atoms with E-state index in [0.717, 1.165) is 0 Å². The van der Waals surface area contributed by atoms with E-state index < -0.39 is 54.8 Å². The molecule has 5 N–H and O–H groups in total. The zero-order valence-electron chi connectivity index (χ0n) is 9.20. The summed E-state index contributed by atoms with van der Waals surface area (Å²) < 4.78 is 0. The summed E-state index contributed by atoms with van der Waals surface area (Å²) in [6.45, 7) is -0.522. The molecule has 1 saturated heterocycles. The molecule has 0 aromatic rings. The predicted octanol–water partition coefficient (Wildman–Crippen LogP) is -2.07. The maximum absolute atomic E-state index is 11.5. The third-order valence-corrected chi connectivity index (χ3v) is 2.72. The molecule has 0 aromatic heterocycles. The van der Waals surface area contributed by atoms with Gasteiger partial charge in [0.1, 0.15) is 18.0 Å². The highest BCUT2D eigenvalue weighted by atomic mass is 16.4. The summed E-state index contributed by atoms with van der Waals surface area (Å²) >= 11 is 0. The molecule has 1 aliphatic rings. The number of aliphatic carboxylic acids is 3. The van der Waals surface area contributed by atoms with Gasteiger partial charge in [-0.2, -0.15) is 0 Å². The first kappa shape index (κ1) is 13.9. The maximum Gasteiger partial charge on any atom is 0.326 e. The molecular formula is C9H12N2O7. The predicted molar refractivity (Wildman–Crippen MR) is 54.6 cm³/mol. The number of nitrogens with zero attached hydrogens (tertiary/aromatic N) is 1. The Balaban J connectivity index is 2.95. The number of carboxylic acid groups (broad SMARTS) is 3. The molecule has 0 aromatic carbocycles. The molecule has 1 rings (SSSR count). The largest absolute Gasteiger partial charge is 0.481 e. The summed E-state index contributed by atoms with van der Waals surface area (Å²) in [5.41, 5.74) is 3.62. The van der Waals surface area contributed by atoms with E-state index in [4.69, 9.17) is 21.1 Å². The minimum absolute atomic E-state index is 0.455. The van der Waals surface area contributed by atoms with E-state index in [2.05, 4.69) is 0 Å². The first-order chi connectivity index (χ1) is 8.17. The van der Waals surface area contributed by atoms with Crippen LogP contribution in [0.15, 0.2) is 0 Å². The van der Waals surface area contributed by atoms with Gasteiger partial charge in [-0.05, 0) is 0 Å². The molecule has 0 saturated carbocycles. The highest BCUT2D eigenvalue weighted by molar-refractivity contribution is 5.96. The standard InChI is InChI=1S/C9H12N2O7/c10-9(8(17)18)2-4(7(15)16)11(3-9)5(12)1-6(13)14/h4H,1-3,10H2,(H,13,14)(H,15,16)(H,17,18)/t4-,9+/m1/s1. The topological polar surface area (TPSA) is 158 Å². The van der Waals surface area contributed by atoms with Gasteiger partial charge in [-0.15, -0.1) is 0 Å². The smallest absolute Gasteiger partial charge is 0.326 e. The van der Waals surface area contributed by atoms with Gasteiger partial charge in [0.2, 0.25) is 5.91 Å². The molecule has 0 unspecified atom stereocenters. The van der Waals surface area contributed by atoms with Gasteiger partial charge in [-0.1, -0.05) is 0 Å². The van der Waals surface area contributed by atoms with Gasteiger partial charge >= 0.3 is 17.9 Å². The maximum atomic E-state index is 11.5. The van der Waals surface area contributed by atoms with E-state index in [-0.39, 0.29) is 0 Å². The summed E-state index contributed by atoms with van der Waals surface area (Å²) in [5.74, 6) is -5.24. The van der Waals surface area contributed by atoms with Gasteiger partial charge in [0, 0.05) is 6.42 Å². The fourth-order valence-corrected chi connectivity index (χ4v) is 1.80. The van der Waals surface area contributed by atoms with Crippen molar-refractivity contribution in [3.63, 3.8) is 0 Å². The second kappa shape index (κ2) is 4.61. The van der Waals surface area contributed by atoms with Crippen LogP contribution < -0.4 is 5.73 Å². The van der Waals surface area contributed by atoms with Crippen molar-refractivity contribution in [2.24, 2.45) is 5.73 Å². The Morgan fingerprint density at radius 1 is 1.22 bits per heavy atom. The van der Waals surface area contributed by atoms with Crippen LogP contribution in [0.25, 0.3) is 0 Å². The summed E-state index contributed by atoms with van der Waals surface area (Å²) in [6.07, 6.45) is -1.36. The number of carbonyl (C=O) groups is 4. The van der Waals surface area contributed by atoms with Crippen molar-refractivity contribution in [1.29, 1.82) is 0 Å². The minimum Gasteiger partial charge on any atom is -0.481 e. The second-order valence-electron chi connectivity index (χ2n) is 4.11. The Bertz CT molecular complexity index is 421. The van der Waals surface area contributed by atoms with Crippen molar-refractivity contribution in [3.8, 4) is 0 Å². The van der Waals surface area contributed by atoms with Gasteiger partial charge in [0.25, 0.3) is 0 Å². The van der Waals surface area contributed by atoms with E-state index in [1.54, 1.807) is 0 Å². The molecule has 0 spiro atoms. The number of carboxylic acids is 3.